The summed E-state index contributed by atoms with van der Waals surface area (Å²) in [6.45, 7) is 0. The minimum atomic E-state index is -4.49. The number of carbonyl (C=O) groups excluding carboxylic acids is 2. The van der Waals surface area contributed by atoms with Gasteiger partial charge in [0, 0.05) is 11.1 Å². The van der Waals surface area contributed by atoms with Crippen molar-refractivity contribution in [1.82, 2.24) is 21.0 Å². The van der Waals surface area contributed by atoms with Crippen LogP contribution in [0.1, 0.15) is 26.4 Å². The van der Waals surface area contributed by atoms with Gasteiger partial charge in [-0.05, 0) is 30.3 Å². The largest absolute Gasteiger partial charge is 0.416 e. The molecule has 0 spiro atoms. The van der Waals surface area contributed by atoms with Crippen molar-refractivity contribution < 1.29 is 22.8 Å². The normalized spacial score (nSPS) is 11.1. The van der Waals surface area contributed by atoms with Crippen molar-refractivity contribution in [2.24, 2.45) is 0 Å². The summed E-state index contributed by atoms with van der Waals surface area (Å²) in [4.78, 5) is 24.0. The van der Waals surface area contributed by atoms with Crippen LogP contribution in [0.3, 0.4) is 0 Å². The Hall–Kier alpha value is -3.62. The molecule has 6 nitrogen and oxygen atoms in total. The van der Waals surface area contributed by atoms with Gasteiger partial charge >= 0.3 is 6.18 Å². The average Bonchev–Trinajstić information content (AvgIpc) is 3.16. The van der Waals surface area contributed by atoms with E-state index in [1.165, 1.54) is 6.07 Å². The number of hydrogen-bond acceptors (Lipinski definition) is 3. The standard InChI is InChI=1S/C18H13F3N4O2/c19-18(20,21)13-8-6-12(7-9-13)16(26)24-25-17(27)15-10-14(22-23-15)11-4-2-1-3-5-11/h1-10H,(H,22,23)(H,24,26)(H,25,27). The first-order valence-electron chi connectivity index (χ1n) is 7.73. The Bertz CT molecular complexity index is 951. The molecule has 3 N–H and O–H groups in total. The molecule has 0 aliphatic heterocycles. The van der Waals surface area contributed by atoms with E-state index >= 15 is 0 Å². The van der Waals surface area contributed by atoms with Gasteiger partial charge in [-0.2, -0.15) is 18.3 Å². The minimum Gasteiger partial charge on any atom is -0.272 e. The Labute approximate surface area is 151 Å². The summed E-state index contributed by atoms with van der Waals surface area (Å²) in [6.07, 6.45) is -4.49. The molecule has 0 atom stereocenters. The van der Waals surface area contributed by atoms with Gasteiger partial charge in [0.1, 0.15) is 5.69 Å². The lowest BCUT2D eigenvalue weighted by Gasteiger charge is -2.08. The molecule has 0 unspecified atom stereocenters. The number of rotatable bonds is 3. The fourth-order valence-corrected chi connectivity index (χ4v) is 2.26. The van der Waals surface area contributed by atoms with Gasteiger partial charge in [0.05, 0.1) is 11.3 Å². The van der Waals surface area contributed by atoms with Gasteiger partial charge in [-0.25, -0.2) is 0 Å². The summed E-state index contributed by atoms with van der Waals surface area (Å²) in [6, 6.07) is 14.3. The van der Waals surface area contributed by atoms with E-state index in [9.17, 15) is 22.8 Å². The molecule has 0 aliphatic rings. The third-order valence-electron chi connectivity index (χ3n) is 3.66. The molecule has 1 aromatic heterocycles. The maximum Gasteiger partial charge on any atom is 0.416 e. The van der Waals surface area contributed by atoms with E-state index in [0.29, 0.717) is 5.69 Å². The zero-order chi connectivity index (χ0) is 19.4. The molecule has 0 saturated heterocycles. The number of H-pyrrole nitrogens is 1. The van der Waals surface area contributed by atoms with Crippen LogP contribution in [0.15, 0.2) is 60.7 Å². The van der Waals surface area contributed by atoms with E-state index < -0.39 is 23.6 Å². The van der Waals surface area contributed by atoms with Crippen LogP contribution in [0.25, 0.3) is 11.3 Å². The van der Waals surface area contributed by atoms with E-state index in [0.717, 1.165) is 29.8 Å². The maximum atomic E-state index is 12.5. The van der Waals surface area contributed by atoms with Gasteiger partial charge in [-0.15, -0.1) is 0 Å². The lowest BCUT2D eigenvalue weighted by atomic mass is 10.1. The molecule has 0 bridgehead atoms. The highest BCUT2D eigenvalue weighted by Crippen LogP contribution is 2.29. The van der Waals surface area contributed by atoms with Crippen LogP contribution in [0.2, 0.25) is 0 Å². The van der Waals surface area contributed by atoms with E-state index in [-0.39, 0.29) is 11.3 Å². The van der Waals surface area contributed by atoms with Gasteiger partial charge in [-0.3, -0.25) is 25.5 Å². The van der Waals surface area contributed by atoms with Crippen LogP contribution in [-0.4, -0.2) is 22.0 Å². The Morgan fingerprint density at radius 1 is 0.889 bits per heavy atom. The number of nitrogens with zero attached hydrogens (tertiary/aromatic N) is 1. The number of aromatic amines is 1. The Morgan fingerprint density at radius 2 is 1.52 bits per heavy atom. The van der Waals surface area contributed by atoms with E-state index in [1.807, 2.05) is 30.3 Å². The number of aromatic nitrogens is 2. The maximum absolute atomic E-state index is 12.5. The molecule has 138 valence electrons. The first-order chi connectivity index (χ1) is 12.8. The molecule has 2 amide bonds. The number of carbonyl (C=O) groups is 2. The molecule has 2 aromatic carbocycles. The molecule has 3 rings (SSSR count). The predicted octanol–water partition coefficient (Wildman–Crippen LogP) is 3.17. The molecule has 0 fully saturated rings. The Balaban J connectivity index is 1.61. The monoisotopic (exact) mass is 374 g/mol. The fraction of sp³-hybridized carbons (Fsp3) is 0.0556. The first-order valence-corrected chi connectivity index (χ1v) is 7.73. The summed E-state index contributed by atoms with van der Waals surface area (Å²) < 4.78 is 37.6. The van der Waals surface area contributed by atoms with Gasteiger partial charge in [0.25, 0.3) is 11.8 Å². The van der Waals surface area contributed by atoms with E-state index in [1.54, 1.807) is 0 Å². The Morgan fingerprint density at radius 3 is 2.15 bits per heavy atom. The molecule has 27 heavy (non-hydrogen) atoms. The first kappa shape index (κ1) is 18.2. The highest BCUT2D eigenvalue weighted by molar-refractivity contribution is 5.98. The van der Waals surface area contributed by atoms with Crippen molar-refractivity contribution in [3.63, 3.8) is 0 Å². The summed E-state index contributed by atoms with van der Waals surface area (Å²) in [5.74, 6) is -1.40. The smallest absolute Gasteiger partial charge is 0.272 e. The third kappa shape index (κ3) is 4.32. The fourth-order valence-electron chi connectivity index (χ4n) is 2.26. The number of amides is 2. The quantitative estimate of drug-likeness (QED) is 0.616. The second-order valence-electron chi connectivity index (χ2n) is 5.52. The molecular formula is C18H13F3N4O2. The molecule has 0 aliphatic carbocycles. The van der Waals surface area contributed by atoms with Crippen LogP contribution in [0, 0.1) is 0 Å². The highest BCUT2D eigenvalue weighted by atomic mass is 19.4. The van der Waals surface area contributed by atoms with Crippen LogP contribution < -0.4 is 10.9 Å². The molecule has 1 heterocycles. The topological polar surface area (TPSA) is 86.9 Å². The molecule has 0 saturated carbocycles. The third-order valence-corrected chi connectivity index (χ3v) is 3.66. The number of halogens is 3. The van der Waals surface area contributed by atoms with Crippen molar-refractivity contribution in [3.8, 4) is 11.3 Å². The van der Waals surface area contributed by atoms with Gasteiger partial charge in [0.2, 0.25) is 0 Å². The summed E-state index contributed by atoms with van der Waals surface area (Å²) in [5.41, 5.74) is 4.89. The predicted molar refractivity (Wildman–Crippen MR) is 90.4 cm³/mol. The molecular weight excluding hydrogens is 361 g/mol. The second-order valence-corrected chi connectivity index (χ2v) is 5.52. The van der Waals surface area contributed by atoms with Crippen molar-refractivity contribution in [2.75, 3.05) is 0 Å². The van der Waals surface area contributed by atoms with Gasteiger partial charge < -0.3 is 0 Å². The lowest BCUT2D eigenvalue weighted by molar-refractivity contribution is -0.137. The molecule has 3 aromatic rings. The van der Waals surface area contributed by atoms with Crippen molar-refractivity contribution in [2.45, 2.75) is 6.18 Å². The molecule has 9 heteroatoms. The van der Waals surface area contributed by atoms with Crippen molar-refractivity contribution >= 4 is 11.8 Å². The number of alkyl halides is 3. The number of nitrogens with one attached hydrogen (secondary N) is 3. The van der Waals surface area contributed by atoms with E-state index in [2.05, 4.69) is 21.0 Å². The zero-order valence-electron chi connectivity index (χ0n) is 13.7. The van der Waals surface area contributed by atoms with Crippen LogP contribution in [0.4, 0.5) is 13.2 Å². The summed E-state index contributed by atoms with van der Waals surface area (Å²) >= 11 is 0. The zero-order valence-corrected chi connectivity index (χ0v) is 13.7. The average molecular weight is 374 g/mol. The molecule has 0 radical (unpaired) electrons. The summed E-state index contributed by atoms with van der Waals surface area (Å²) in [5, 5.41) is 6.57. The minimum absolute atomic E-state index is 0.0297. The van der Waals surface area contributed by atoms with Crippen LogP contribution in [0.5, 0.6) is 0 Å². The number of hydrazine groups is 1. The summed E-state index contributed by atoms with van der Waals surface area (Å²) in [7, 11) is 0. The van der Waals surface area contributed by atoms with Gasteiger partial charge in [-0.1, -0.05) is 30.3 Å². The van der Waals surface area contributed by atoms with Crippen LogP contribution >= 0.6 is 0 Å². The second kappa shape index (κ2) is 7.32. The number of hydrogen-bond donors (Lipinski definition) is 3. The van der Waals surface area contributed by atoms with Crippen molar-refractivity contribution in [3.05, 3.63) is 77.5 Å². The van der Waals surface area contributed by atoms with Crippen molar-refractivity contribution in [1.29, 1.82) is 0 Å². The SMILES string of the molecule is O=C(NNC(=O)c1cc(-c2ccccc2)n[nH]1)c1ccc(C(F)(F)F)cc1. The number of benzene rings is 2. The van der Waals surface area contributed by atoms with Crippen LogP contribution in [-0.2, 0) is 6.18 Å². The van der Waals surface area contributed by atoms with E-state index in [4.69, 9.17) is 0 Å². The highest BCUT2D eigenvalue weighted by Gasteiger charge is 2.30. The van der Waals surface area contributed by atoms with Gasteiger partial charge in [0.15, 0.2) is 0 Å². The Kier molecular flexibility index (Phi) is 4.93. The lowest BCUT2D eigenvalue weighted by Crippen LogP contribution is -2.41.